The number of hydrogen-bond donors (Lipinski definition) is 5. The number of hydrogen-bond acceptors (Lipinski definition) is 9. The molecule has 2 aliphatic rings. The van der Waals surface area contributed by atoms with Crippen LogP contribution in [-0.4, -0.2) is 53.1 Å². The summed E-state index contributed by atoms with van der Waals surface area (Å²) in [5.41, 5.74) is 11.3. The van der Waals surface area contributed by atoms with E-state index in [0.717, 1.165) is 28.2 Å². The molecule has 2 aromatic rings. The topological polar surface area (TPSA) is 162 Å². The number of aryl methyl sites for hydroxylation is 1. The van der Waals surface area contributed by atoms with Crippen LogP contribution in [0.4, 0.5) is 10.1 Å². The molecular formula is C38H46FN5O4. The van der Waals surface area contributed by atoms with Crippen molar-refractivity contribution in [1.29, 1.82) is 10.8 Å². The maximum atomic E-state index is 15.2. The Morgan fingerprint density at radius 2 is 1.98 bits per heavy atom. The van der Waals surface area contributed by atoms with Gasteiger partial charge in [0.25, 0.3) is 0 Å². The van der Waals surface area contributed by atoms with E-state index in [2.05, 4.69) is 23.5 Å². The molecule has 1 aliphatic carbocycles. The number of nitrogens with one attached hydrogen (secondary N) is 3. The predicted molar refractivity (Wildman–Crippen MR) is 190 cm³/mol. The van der Waals surface area contributed by atoms with Crippen LogP contribution >= 0.6 is 0 Å². The number of carbonyl (C=O) groups is 2. The van der Waals surface area contributed by atoms with Crippen LogP contribution in [0.15, 0.2) is 65.4 Å². The van der Waals surface area contributed by atoms with Gasteiger partial charge in [0.05, 0.1) is 36.4 Å². The van der Waals surface area contributed by atoms with Gasteiger partial charge in [0.15, 0.2) is 11.6 Å². The van der Waals surface area contributed by atoms with Gasteiger partial charge in [-0.2, -0.15) is 0 Å². The summed E-state index contributed by atoms with van der Waals surface area (Å²) in [6.45, 7) is 5.44. The molecule has 6 N–H and O–H groups in total. The van der Waals surface area contributed by atoms with Crippen molar-refractivity contribution in [3.05, 3.63) is 88.5 Å². The number of ketones is 2. The number of methoxy groups -OCH3 is 1. The van der Waals surface area contributed by atoms with Crippen molar-refractivity contribution in [1.82, 2.24) is 0 Å². The number of allylic oxidation sites excluding steroid dienone is 5. The molecule has 9 nitrogen and oxygen atoms in total. The second-order valence-electron chi connectivity index (χ2n) is 12.3. The number of nitrogens with zero attached hydrogens (tertiary/aromatic N) is 1. The van der Waals surface area contributed by atoms with Gasteiger partial charge in [0, 0.05) is 53.0 Å². The van der Waals surface area contributed by atoms with Crippen molar-refractivity contribution in [3.8, 4) is 5.75 Å². The average molecular weight is 656 g/mol. The van der Waals surface area contributed by atoms with Crippen LogP contribution in [0.5, 0.6) is 5.75 Å². The summed E-state index contributed by atoms with van der Waals surface area (Å²) in [6, 6.07) is 8.34. The third-order valence-corrected chi connectivity index (χ3v) is 8.88. The SMILES string of the molecule is CCc1cc(NC2=CCC=CC3CC(c4ccc(OC)c(C)c4F)=CN=C23)ccc1C(=O)CC(=N)CC(O)CCC(=N)C(=O)[C@@H](N)CC. The molecule has 2 unspecified atom stereocenters. The van der Waals surface area contributed by atoms with Gasteiger partial charge in [0.1, 0.15) is 11.6 Å². The number of halogens is 1. The summed E-state index contributed by atoms with van der Waals surface area (Å²) in [6.07, 6.45) is 9.48. The molecule has 10 heteroatoms. The number of anilines is 1. The number of aliphatic hydroxyl groups excluding tert-OH is 1. The van der Waals surface area contributed by atoms with Crippen molar-refractivity contribution in [2.75, 3.05) is 12.4 Å². The fraction of sp³-hybridized carbons (Fsp3) is 0.395. The Balaban J connectivity index is 1.42. The van der Waals surface area contributed by atoms with Gasteiger partial charge in [-0.3, -0.25) is 14.6 Å². The van der Waals surface area contributed by atoms with Gasteiger partial charge in [-0.05, 0) is 86.9 Å². The zero-order chi connectivity index (χ0) is 35.0. The highest BCUT2D eigenvalue weighted by atomic mass is 19.1. The molecule has 48 heavy (non-hydrogen) atoms. The molecule has 0 fully saturated rings. The number of aliphatic hydroxyl groups is 1. The van der Waals surface area contributed by atoms with Crippen LogP contribution in [0.3, 0.4) is 0 Å². The molecule has 0 aromatic heterocycles. The summed E-state index contributed by atoms with van der Waals surface area (Å²) in [5.74, 6) is -0.474. The van der Waals surface area contributed by atoms with Crippen molar-refractivity contribution < 1.29 is 23.8 Å². The summed E-state index contributed by atoms with van der Waals surface area (Å²) in [7, 11) is 1.53. The minimum atomic E-state index is -0.937. The molecule has 0 bridgehead atoms. The normalized spacial score (nSPS) is 16.8. The number of rotatable bonds is 16. The van der Waals surface area contributed by atoms with Crippen LogP contribution in [0, 0.1) is 29.5 Å². The molecule has 2 aromatic carbocycles. The van der Waals surface area contributed by atoms with E-state index in [4.69, 9.17) is 26.3 Å². The van der Waals surface area contributed by atoms with E-state index < -0.39 is 17.9 Å². The first-order chi connectivity index (χ1) is 23.0. The second-order valence-corrected chi connectivity index (χ2v) is 12.3. The fourth-order valence-electron chi connectivity index (χ4n) is 6.00. The van der Waals surface area contributed by atoms with E-state index in [-0.39, 0.29) is 54.6 Å². The highest BCUT2D eigenvalue weighted by Crippen LogP contribution is 2.36. The molecule has 0 saturated carbocycles. The third-order valence-electron chi connectivity index (χ3n) is 8.88. The first-order valence-corrected chi connectivity index (χ1v) is 16.5. The largest absolute Gasteiger partial charge is 0.496 e. The molecule has 1 aliphatic heterocycles. The van der Waals surface area contributed by atoms with Gasteiger partial charge >= 0.3 is 0 Å². The number of nitrogens with two attached hydrogens (primary N) is 1. The lowest BCUT2D eigenvalue weighted by molar-refractivity contribution is -0.114. The fourth-order valence-corrected chi connectivity index (χ4v) is 6.00. The van der Waals surface area contributed by atoms with Gasteiger partial charge in [-0.15, -0.1) is 0 Å². The second kappa shape index (κ2) is 16.5. The first kappa shape index (κ1) is 36.3. The predicted octanol–water partition coefficient (Wildman–Crippen LogP) is 6.91. The number of fused-ring (bicyclic) bond motifs is 1. The third kappa shape index (κ3) is 8.67. The quantitative estimate of drug-likeness (QED) is 0.0750. The van der Waals surface area contributed by atoms with Crippen LogP contribution < -0.4 is 15.8 Å². The maximum absolute atomic E-state index is 15.2. The Morgan fingerprint density at radius 3 is 2.69 bits per heavy atom. The molecule has 0 amide bonds. The van der Waals surface area contributed by atoms with Gasteiger partial charge in [-0.1, -0.05) is 32.1 Å². The number of carbonyl (C=O) groups excluding carboxylic acids is 2. The van der Waals surface area contributed by atoms with Crippen LogP contribution in [0.25, 0.3) is 5.57 Å². The van der Waals surface area contributed by atoms with Gasteiger partial charge in [-0.25, -0.2) is 4.39 Å². The van der Waals surface area contributed by atoms with E-state index in [1.54, 1.807) is 38.2 Å². The van der Waals surface area contributed by atoms with Crippen molar-refractivity contribution in [3.63, 3.8) is 0 Å². The minimum Gasteiger partial charge on any atom is -0.496 e. The molecular weight excluding hydrogens is 609 g/mol. The summed E-state index contributed by atoms with van der Waals surface area (Å²) < 4.78 is 20.5. The Labute approximate surface area is 281 Å². The lowest BCUT2D eigenvalue weighted by atomic mass is 9.87. The van der Waals surface area contributed by atoms with E-state index in [9.17, 15) is 14.7 Å². The van der Waals surface area contributed by atoms with Crippen LogP contribution in [0.1, 0.15) is 85.8 Å². The molecule has 3 atom stereocenters. The average Bonchev–Trinajstić information content (AvgIpc) is 3.28. The summed E-state index contributed by atoms with van der Waals surface area (Å²) >= 11 is 0. The molecule has 0 radical (unpaired) electrons. The van der Waals surface area contributed by atoms with E-state index in [1.807, 2.05) is 19.1 Å². The van der Waals surface area contributed by atoms with Gasteiger partial charge in [0.2, 0.25) is 0 Å². The Bertz CT molecular complexity index is 1710. The maximum Gasteiger partial charge on any atom is 0.192 e. The lowest BCUT2D eigenvalue weighted by Gasteiger charge is -2.24. The zero-order valence-electron chi connectivity index (χ0n) is 28.2. The number of Topliss-reactive ketones (excluding diaryl/α,β-unsaturated/α-hetero) is 2. The van der Waals surface area contributed by atoms with Crippen molar-refractivity contribution in [2.45, 2.75) is 84.3 Å². The number of benzene rings is 2. The highest BCUT2D eigenvalue weighted by molar-refractivity contribution is 6.40. The monoisotopic (exact) mass is 655 g/mol. The lowest BCUT2D eigenvalue weighted by Crippen LogP contribution is -2.35. The van der Waals surface area contributed by atoms with Crippen LogP contribution in [0.2, 0.25) is 0 Å². The molecule has 4 rings (SSSR count). The highest BCUT2D eigenvalue weighted by Gasteiger charge is 2.26. The van der Waals surface area contributed by atoms with Crippen molar-refractivity contribution >= 4 is 40.0 Å². The Hall–Kier alpha value is -4.54. The Morgan fingerprint density at radius 1 is 1.21 bits per heavy atom. The van der Waals surface area contributed by atoms with Crippen LogP contribution in [-0.2, 0) is 11.2 Å². The van der Waals surface area contributed by atoms with Crippen molar-refractivity contribution in [2.24, 2.45) is 16.6 Å². The Kier molecular flexibility index (Phi) is 12.5. The zero-order valence-corrected chi connectivity index (χ0v) is 28.2. The molecule has 254 valence electrons. The van der Waals surface area contributed by atoms with E-state index in [1.165, 1.54) is 7.11 Å². The number of aliphatic imine (C=N–C) groups is 1. The summed E-state index contributed by atoms with van der Waals surface area (Å²) in [5, 5.41) is 30.1. The van der Waals surface area contributed by atoms with E-state index in [0.29, 0.717) is 48.1 Å². The molecule has 1 heterocycles. The summed E-state index contributed by atoms with van der Waals surface area (Å²) in [4.78, 5) is 30.0. The van der Waals surface area contributed by atoms with E-state index >= 15 is 4.39 Å². The minimum absolute atomic E-state index is 0.0134. The smallest absolute Gasteiger partial charge is 0.192 e. The number of ether oxygens (including phenoxy) is 1. The molecule has 0 saturated heterocycles. The standard InChI is InChI=1S/C38H46FN5O4/c1-5-23-18-27(11-13-29(23)34(46)20-26(40)19-28(45)12-15-32(42)38(47)31(41)6-2)44-33-10-8-7-9-24-17-25(21-43-37(24)33)30-14-16-35(48-4)22(3)36(30)39/h7,9-11,13-14,16,18,21,24,28,31,40,42,44-45H,5-6,8,12,15,17,19-20,41H2,1-4H3/t24?,28?,31-/m0/s1. The molecule has 0 spiro atoms. The van der Waals surface area contributed by atoms with Gasteiger partial charge < -0.3 is 31.7 Å². The first-order valence-electron chi connectivity index (χ1n) is 16.5.